The van der Waals surface area contributed by atoms with Crippen LogP contribution in [-0.2, 0) is 4.79 Å². The number of halogens is 1. The SMILES string of the molecule is CC1(C)CCC(=O)N1c1ccnc(Cl)n1. The van der Waals surface area contributed by atoms with Crippen LogP contribution in [0.15, 0.2) is 12.3 Å². The summed E-state index contributed by atoms with van der Waals surface area (Å²) in [5.41, 5.74) is -0.186. The number of nitrogens with zero attached hydrogens (tertiary/aromatic N) is 3. The molecule has 0 N–H and O–H groups in total. The van der Waals surface area contributed by atoms with E-state index in [-0.39, 0.29) is 16.7 Å². The fraction of sp³-hybridized carbons (Fsp3) is 0.500. The summed E-state index contributed by atoms with van der Waals surface area (Å²) in [5, 5.41) is 0.169. The van der Waals surface area contributed by atoms with E-state index in [1.807, 2.05) is 13.8 Å². The zero-order chi connectivity index (χ0) is 11.1. The molecule has 1 aromatic rings. The lowest BCUT2D eigenvalue weighted by Gasteiger charge is -2.30. The fourth-order valence-corrected chi connectivity index (χ4v) is 2.01. The molecule has 1 aliphatic heterocycles. The van der Waals surface area contributed by atoms with Crippen molar-refractivity contribution in [1.29, 1.82) is 0 Å². The number of amides is 1. The Kier molecular flexibility index (Phi) is 2.38. The first kappa shape index (κ1) is 10.4. The maximum Gasteiger partial charge on any atom is 0.228 e. The van der Waals surface area contributed by atoms with Crippen molar-refractivity contribution in [2.45, 2.75) is 32.2 Å². The summed E-state index contributed by atoms with van der Waals surface area (Å²) < 4.78 is 0. The first-order valence-electron chi connectivity index (χ1n) is 4.82. The zero-order valence-electron chi connectivity index (χ0n) is 8.70. The Morgan fingerprint density at radius 1 is 1.53 bits per heavy atom. The molecule has 0 aliphatic carbocycles. The second-order valence-corrected chi connectivity index (χ2v) is 4.56. The minimum atomic E-state index is -0.186. The summed E-state index contributed by atoms with van der Waals surface area (Å²) in [6.07, 6.45) is 2.97. The average Bonchev–Trinajstić information content (AvgIpc) is 2.40. The summed E-state index contributed by atoms with van der Waals surface area (Å²) in [4.78, 5) is 21.3. The number of carbonyl (C=O) groups is 1. The summed E-state index contributed by atoms with van der Waals surface area (Å²) in [7, 11) is 0. The number of hydrogen-bond donors (Lipinski definition) is 0. The maximum absolute atomic E-state index is 11.7. The standard InChI is InChI=1S/C10H12ClN3O/c1-10(2)5-3-8(15)14(10)7-4-6-12-9(11)13-7/h4,6H,3,5H2,1-2H3. The predicted molar refractivity (Wildman–Crippen MR) is 57.8 cm³/mol. The third-order valence-corrected chi connectivity index (χ3v) is 2.83. The quantitative estimate of drug-likeness (QED) is 0.687. The monoisotopic (exact) mass is 225 g/mol. The van der Waals surface area contributed by atoms with Crippen LogP contribution < -0.4 is 4.90 Å². The van der Waals surface area contributed by atoms with Crippen molar-refractivity contribution in [3.05, 3.63) is 17.5 Å². The Morgan fingerprint density at radius 3 is 2.80 bits per heavy atom. The Morgan fingerprint density at radius 2 is 2.27 bits per heavy atom. The molecule has 4 nitrogen and oxygen atoms in total. The van der Waals surface area contributed by atoms with E-state index in [9.17, 15) is 4.79 Å². The van der Waals surface area contributed by atoms with Gasteiger partial charge in [0.05, 0.1) is 0 Å². The molecular formula is C10H12ClN3O. The second kappa shape index (κ2) is 3.45. The van der Waals surface area contributed by atoms with Crippen molar-refractivity contribution in [3.8, 4) is 0 Å². The summed E-state index contributed by atoms with van der Waals surface area (Å²) in [5.74, 6) is 0.678. The van der Waals surface area contributed by atoms with Crippen LogP contribution in [0.5, 0.6) is 0 Å². The molecule has 0 radical (unpaired) electrons. The van der Waals surface area contributed by atoms with Gasteiger partial charge in [-0.05, 0) is 37.9 Å². The molecule has 2 heterocycles. The largest absolute Gasteiger partial charge is 0.291 e. The number of hydrogen-bond acceptors (Lipinski definition) is 3. The minimum absolute atomic E-state index is 0.0924. The zero-order valence-corrected chi connectivity index (χ0v) is 9.45. The van der Waals surface area contributed by atoms with Crippen LogP contribution in [0.2, 0.25) is 5.28 Å². The Hall–Kier alpha value is -1.16. The van der Waals surface area contributed by atoms with Gasteiger partial charge in [0.2, 0.25) is 11.2 Å². The molecule has 0 unspecified atom stereocenters. The molecule has 1 amide bonds. The highest BCUT2D eigenvalue weighted by molar-refractivity contribution is 6.28. The van der Waals surface area contributed by atoms with E-state index < -0.39 is 0 Å². The van der Waals surface area contributed by atoms with E-state index in [1.54, 1.807) is 17.2 Å². The molecule has 5 heteroatoms. The van der Waals surface area contributed by atoms with Crippen LogP contribution in [0.3, 0.4) is 0 Å². The third-order valence-electron chi connectivity index (χ3n) is 2.65. The van der Waals surface area contributed by atoms with Gasteiger partial charge in [0.15, 0.2) is 0 Å². The third kappa shape index (κ3) is 1.81. The van der Waals surface area contributed by atoms with Crippen LogP contribution in [-0.4, -0.2) is 21.4 Å². The van der Waals surface area contributed by atoms with Crippen molar-refractivity contribution in [2.24, 2.45) is 0 Å². The lowest BCUT2D eigenvalue weighted by Crippen LogP contribution is -2.41. The van der Waals surface area contributed by atoms with Crippen molar-refractivity contribution in [3.63, 3.8) is 0 Å². The average molecular weight is 226 g/mol. The lowest BCUT2D eigenvalue weighted by molar-refractivity contribution is -0.117. The Balaban J connectivity index is 2.41. The van der Waals surface area contributed by atoms with Crippen molar-refractivity contribution in [1.82, 2.24) is 9.97 Å². The van der Waals surface area contributed by atoms with E-state index in [0.717, 1.165) is 6.42 Å². The predicted octanol–water partition coefficient (Wildman–Crippen LogP) is 2.04. The van der Waals surface area contributed by atoms with Gasteiger partial charge in [0.1, 0.15) is 5.82 Å². The highest BCUT2D eigenvalue weighted by Gasteiger charge is 2.39. The molecule has 2 rings (SSSR count). The molecule has 1 aliphatic rings. The first-order chi connectivity index (χ1) is 7.00. The van der Waals surface area contributed by atoms with Gasteiger partial charge in [-0.15, -0.1) is 0 Å². The molecule has 1 saturated heterocycles. The van der Waals surface area contributed by atoms with Gasteiger partial charge in [-0.2, -0.15) is 0 Å². The van der Waals surface area contributed by atoms with E-state index in [4.69, 9.17) is 11.6 Å². The van der Waals surface area contributed by atoms with Crippen LogP contribution >= 0.6 is 11.6 Å². The molecule has 1 aromatic heterocycles. The fourth-order valence-electron chi connectivity index (χ4n) is 1.86. The second-order valence-electron chi connectivity index (χ2n) is 4.23. The lowest BCUT2D eigenvalue weighted by atomic mass is 10.0. The molecular weight excluding hydrogens is 214 g/mol. The van der Waals surface area contributed by atoms with E-state index in [1.165, 1.54) is 0 Å². The highest BCUT2D eigenvalue weighted by Crippen LogP contribution is 2.33. The van der Waals surface area contributed by atoms with E-state index >= 15 is 0 Å². The molecule has 80 valence electrons. The highest BCUT2D eigenvalue weighted by atomic mass is 35.5. The molecule has 0 aromatic carbocycles. The molecule has 0 saturated carbocycles. The van der Waals surface area contributed by atoms with Crippen LogP contribution in [0.1, 0.15) is 26.7 Å². The van der Waals surface area contributed by atoms with Crippen LogP contribution in [0.4, 0.5) is 5.82 Å². The topological polar surface area (TPSA) is 46.1 Å². The van der Waals surface area contributed by atoms with Gasteiger partial charge in [-0.1, -0.05) is 0 Å². The van der Waals surface area contributed by atoms with Crippen LogP contribution in [0, 0.1) is 0 Å². The van der Waals surface area contributed by atoms with Crippen molar-refractivity contribution < 1.29 is 4.79 Å². The van der Waals surface area contributed by atoms with E-state index in [2.05, 4.69) is 9.97 Å². The number of aromatic nitrogens is 2. The van der Waals surface area contributed by atoms with Crippen LogP contribution in [0.25, 0.3) is 0 Å². The molecule has 15 heavy (non-hydrogen) atoms. The molecule has 0 atom stereocenters. The van der Waals surface area contributed by atoms with Gasteiger partial charge in [0, 0.05) is 18.2 Å². The molecule has 0 spiro atoms. The smallest absolute Gasteiger partial charge is 0.228 e. The maximum atomic E-state index is 11.7. The normalized spacial score (nSPS) is 19.7. The van der Waals surface area contributed by atoms with Gasteiger partial charge in [0.25, 0.3) is 0 Å². The van der Waals surface area contributed by atoms with Gasteiger partial charge in [-0.3, -0.25) is 9.69 Å². The first-order valence-corrected chi connectivity index (χ1v) is 5.20. The van der Waals surface area contributed by atoms with Gasteiger partial charge >= 0.3 is 0 Å². The Bertz CT molecular complexity index is 405. The Labute approximate surface area is 93.3 Å². The minimum Gasteiger partial charge on any atom is -0.291 e. The summed E-state index contributed by atoms with van der Waals surface area (Å²) in [6, 6.07) is 1.71. The van der Waals surface area contributed by atoms with Gasteiger partial charge < -0.3 is 0 Å². The number of rotatable bonds is 1. The molecule has 0 bridgehead atoms. The number of carbonyl (C=O) groups excluding carboxylic acids is 1. The van der Waals surface area contributed by atoms with Crippen molar-refractivity contribution >= 4 is 23.3 Å². The summed E-state index contributed by atoms with van der Waals surface area (Å²) >= 11 is 5.70. The number of anilines is 1. The van der Waals surface area contributed by atoms with Gasteiger partial charge in [-0.25, -0.2) is 9.97 Å². The molecule has 1 fully saturated rings. The van der Waals surface area contributed by atoms with E-state index in [0.29, 0.717) is 12.2 Å². The van der Waals surface area contributed by atoms with Crippen molar-refractivity contribution in [2.75, 3.05) is 4.90 Å². The summed E-state index contributed by atoms with van der Waals surface area (Å²) in [6.45, 7) is 4.04.